The van der Waals surface area contributed by atoms with Gasteiger partial charge in [-0.2, -0.15) is 0 Å². The van der Waals surface area contributed by atoms with E-state index in [2.05, 4.69) is 47.3 Å². The van der Waals surface area contributed by atoms with Gasteiger partial charge in [-0.15, -0.1) is 0 Å². The van der Waals surface area contributed by atoms with Crippen LogP contribution >= 0.6 is 11.8 Å². The number of nitrogens with one attached hydrogen (secondary N) is 2. The van der Waals surface area contributed by atoms with Crippen molar-refractivity contribution in [3.8, 4) is 0 Å². The lowest BCUT2D eigenvalue weighted by molar-refractivity contribution is -0.115. The maximum Gasteiger partial charge on any atom is 0.237 e. The van der Waals surface area contributed by atoms with Gasteiger partial charge in [0.15, 0.2) is 5.16 Å². The van der Waals surface area contributed by atoms with E-state index in [4.69, 9.17) is 0 Å². The Bertz CT molecular complexity index is 832. The first-order valence-electron chi connectivity index (χ1n) is 8.65. The van der Waals surface area contributed by atoms with Gasteiger partial charge in [0.25, 0.3) is 0 Å². The van der Waals surface area contributed by atoms with Crippen LogP contribution in [0.2, 0.25) is 0 Å². The van der Waals surface area contributed by atoms with Crippen LogP contribution < -0.4 is 5.32 Å². The molecule has 0 saturated heterocycles. The number of aromatic nitrogens is 2. The molecule has 0 aliphatic rings. The Labute approximate surface area is 152 Å². The van der Waals surface area contributed by atoms with E-state index in [1.165, 1.54) is 22.9 Å². The molecule has 3 rings (SSSR count). The molecule has 1 atom stereocenters. The first-order chi connectivity index (χ1) is 12.1. The molecule has 2 N–H and O–H groups in total. The Hall–Kier alpha value is -2.27. The summed E-state index contributed by atoms with van der Waals surface area (Å²) in [6.07, 6.45) is 1.79. The highest BCUT2D eigenvalue weighted by Crippen LogP contribution is 2.27. The van der Waals surface area contributed by atoms with Crippen LogP contribution in [0.3, 0.4) is 0 Å². The van der Waals surface area contributed by atoms with E-state index in [0.717, 1.165) is 34.7 Å². The summed E-state index contributed by atoms with van der Waals surface area (Å²) in [6.45, 7) is 6.13. The monoisotopic (exact) mass is 353 g/mol. The van der Waals surface area contributed by atoms with Gasteiger partial charge >= 0.3 is 0 Å². The van der Waals surface area contributed by atoms with E-state index in [0.29, 0.717) is 0 Å². The molecule has 1 heterocycles. The average Bonchev–Trinajstić information content (AvgIpc) is 3.03. The van der Waals surface area contributed by atoms with E-state index in [9.17, 15) is 4.79 Å². The van der Waals surface area contributed by atoms with Gasteiger partial charge in [-0.05, 0) is 43.0 Å². The van der Waals surface area contributed by atoms with Crippen molar-refractivity contribution >= 4 is 34.4 Å². The van der Waals surface area contributed by atoms with Gasteiger partial charge in [0.2, 0.25) is 5.91 Å². The predicted molar refractivity (Wildman–Crippen MR) is 105 cm³/mol. The standard InChI is InChI=1S/C20H23N3OS/c1-4-14-9-8-10-15(5-2)18(14)23-19(24)13(3)25-20-21-16-11-6-7-12-17(16)22-20/h6-13H,4-5H2,1-3H3,(H,21,22)(H,23,24)/t13-/m0/s1. The highest BCUT2D eigenvalue weighted by molar-refractivity contribution is 8.00. The molecule has 0 spiro atoms. The number of aromatic amines is 1. The summed E-state index contributed by atoms with van der Waals surface area (Å²) in [5.41, 5.74) is 5.22. The molecular formula is C20H23N3OS. The van der Waals surface area contributed by atoms with Gasteiger partial charge < -0.3 is 10.3 Å². The maximum absolute atomic E-state index is 12.7. The number of carbonyl (C=O) groups excluding carboxylic acids is 1. The first-order valence-corrected chi connectivity index (χ1v) is 9.53. The van der Waals surface area contributed by atoms with Crippen LogP contribution in [0.1, 0.15) is 31.9 Å². The Morgan fingerprint density at radius 1 is 1.12 bits per heavy atom. The molecule has 5 heteroatoms. The Morgan fingerprint density at radius 3 is 2.44 bits per heavy atom. The highest BCUT2D eigenvalue weighted by Gasteiger charge is 2.18. The van der Waals surface area contributed by atoms with Crippen molar-refractivity contribution in [1.82, 2.24) is 9.97 Å². The van der Waals surface area contributed by atoms with E-state index >= 15 is 0 Å². The summed E-state index contributed by atoms with van der Waals surface area (Å²) in [4.78, 5) is 20.5. The molecule has 1 aromatic heterocycles. The smallest absolute Gasteiger partial charge is 0.237 e. The molecule has 0 aliphatic carbocycles. The first kappa shape index (κ1) is 17.5. The van der Waals surface area contributed by atoms with Crippen LogP contribution in [0.25, 0.3) is 11.0 Å². The summed E-state index contributed by atoms with van der Waals surface area (Å²) in [5.74, 6) is 0.000978. The summed E-state index contributed by atoms with van der Waals surface area (Å²) in [5, 5.41) is 3.66. The highest BCUT2D eigenvalue weighted by atomic mass is 32.2. The maximum atomic E-state index is 12.7. The zero-order valence-corrected chi connectivity index (χ0v) is 15.6. The second-order valence-corrected chi connectivity index (χ2v) is 7.30. The number of para-hydroxylation sites is 3. The predicted octanol–water partition coefficient (Wildman–Crippen LogP) is 4.81. The number of thioether (sulfide) groups is 1. The van der Waals surface area contributed by atoms with Crippen molar-refractivity contribution in [2.45, 2.75) is 44.0 Å². The lowest BCUT2D eigenvalue weighted by atomic mass is 10.0. The number of benzene rings is 2. The molecule has 130 valence electrons. The number of nitrogens with zero attached hydrogens (tertiary/aromatic N) is 1. The van der Waals surface area contributed by atoms with Crippen LogP contribution in [-0.4, -0.2) is 21.1 Å². The molecule has 0 radical (unpaired) electrons. The molecule has 25 heavy (non-hydrogen) atoms. The van der Waals surface area contributed by atoms with Crippen molar-refractivity contribution < 1.29 is 4.79 Å². The van der Waals surface area contributed by atoms with Crippen LogP contribution in [0, 0.1) is 0 Å². The lowest BCUT2D eigenvalue weighted by Gasteiger charge is -2.16. The number of hydrogen-bond donors (Lipinski definition) is 2. The number of carbonyl (C=O) groups is 1. The second-order valence-electron chi connectivity index (χ2n) is 5.97. The van der Waals surface area contributed by atoms with Crippen LogP contribution in [-0.2, 0) is 17.6 Å². The number of rotatable bonds is 6. The largest absolute Gasteiger partial charge is 0.333 e. The molecule has 3 aromatic rings. The third-order valence-electron chi connectivity index (χ3n) is 4.27. The summed E-state index contributed by atoms with van der Waals surface area (Å²) >= 11 is 1.44. The fourth-order valence-corrected chi connectivity index (χ4v) is 3.65. The zero-order chi connectivity index (χ0) is 17.8. The topological polar surface area (TPSA) is 57.8 Å². The fourth-order valence-electron chi connectivity index (χ4n) is 2.83. The minimum absolute atomic E-state index is 0.000978. The number of fused-ring (bicyclic) bond motifs is 1. The van der Waals surface area contributed by atoms with Gasteiger partial charge in [-0.25, -0.2) is 4.98 Å². The van der Waals surface area contributed by atoms with Crippen molar-refractivity contribution in [1.29, 1.82) is 0 Å². The Balaban J connectivity index is 1.75. The van der Waals surface area contributed by atoms with E-state index in [-0.39, 0.29) is 11.2 Å². The van der Waals surface area contributed by atoms with Gasteiger partial charge in [-0.1, -0.05) is 55.9 Å². The molecule has 0 aliphatic heterocycles. The van der Waals surface area contributed by atoms with Crippen LogP contribution in [0.4, 0.5) is 5.69 Å². The second kappa shape index (κ2) is 7.74. The van der Waals surface area contributed by atoms with Gasteiger partial charge in [0.1, 0.15) is 0 Å². The SMILES string of the molecule is CCc1cccc(CC)c1NC(=O)[C@H](C)Sc1nc2ccccc2[nH]1. The van der Waals surface area contributed by atoms with Crippen LogP contribution in [0.15, 0.2) is 47.6 Å². The minimum Gasteiger partial charge on any atom is -0.333 e. The molecular weight excluding hydrogens is 330 g/mol. The number of anilines is 1. The van der Waals surface area contributed by atoms with E-state index in [1.54, 1.807) is 0 Å². The Morgan fingerprint density at radius 2 is 1.80 bits per heavy atom. The normalized spacial score (nSPS) is 12.3. The lowest BCUT2D eigenvalue weighted by Crippen LogP contribution is -2.24. The number of H-pyrrole nitrogens is 1. The zero-order valence-electron chi connectivity index (χ0n) is 14.8. The third kappa shape index (κ3) is 3.87. The molecule has 0 fully saturated rings. The van der Waals surface area contributed by atoms with Gasteiger partial charge in [0.05, 0.1) is 16.3 Å². The van der Waals surface area contributed by atoms with Gasteiger partial charge in [-0.3, -0.25) is 4.79 Å². The number of amides is 1. The number of hydrogen-bond acceptors (Lipinski definition) is 3. The van der Waals surface area contributed by atoms with Crippen molar-refractivity contribution in [2.75, 3.05) is 5.32 Å². The number of aryl methyl sites for hydroxylation is 2. The summed E-state index contributed by atoms with van der Waals surface area (Å²) in [7, 11) is 0. The summed E-state index contributed by atoms with van der Waals surface area (Å²) < 4.78 is 0. The van der Waals surface area contributed by atoms with E-state index in [1.807, 2.05) is 31.2 Å². The molecule has 1 amide bonds. The van der Waals surface area contributed by atoms with E-state index < -0.39 is 0 Å². The fraction of sp³-hybridized carbons (Fsp3) is 0.300. The molecule has 4 nitrogen and oxygen atoms in total. The molecule has 2 aromatic carbocycles. The van der Waals surface area contributed by atoms with Crippen molar-refractivity contribution in [3.05, 3.63) is 53.6 Å². The van der Waals surface area contributed by atoms with Crippen LogP contribution in [0.5, 0.6) is 0 Å². The number of imidazole rings is 1. The molecule has 0 bridgehead atoms. The average molecular weight is 353 g/mol. The Kier molecular flexibility index (Phi) is 5.43. The minimum atomic E-state index is -0.241. The molecule has 0 unspecified atom stereocenters. The molecule has 0 saturated carbocycles. The third-order valence-corrected chi connectivity index (χ3v) is 5.26. The van der Waals surface area contributed by atoms with Crippen molar-refractivity contribution in [3.63, 3.8) is 0 Å². The van der Waals surface area contributed by atoms with Gasteiger partial charge in [0, 0.05) is 5.69 Å². The quantitative estimate of drug-likeness (QED) is 0.625. The summed E-state index contributed by atoms with van der Waals surface area (Å²) in [6, 6.07) is 14.1. The van der Waals surface area contributed by atoms with Crippen molar-refractivity contribution in [2.24, 2.45) is 0 Å².